The van der Waals surface area contributed by atoms with Gasteiger partial charge in [0.2, 0.25) is 5.91 Å². The summed E-state index contributed by atoms with van der Waals surface area (Å²) >= 11 is 0. The predicted octanol–water partition coefficient (Wildman–Crippen LogP) is 0.146. The maximum Gasteiger partial charge on any atom is 0.230 e. The molecule has 1 saturated heterocycles. The van der Waals surface area contributed by atoms with Crippen LogP contribution in [0.3, 0.4) is 0 Å². The molecule has 1 aliphatic rings. The summed E-state index contributed by atoms with van der Waals surface area (Å²) < 4.78 is 5.05. The molecule has 0 aliphatic carbocycles. The third kappa shape index (κ3) is 5.28. The van der Waals surface area contributed by atoms with E-state index >= 15 is 0 Å². The van der Waals surface area contributed by atoms with E-state index in [9.17, 15) is 9.59 Å². The Morgan fingerprint density at radius 2 is 1.94 bits per heavy atom. The lowest BCUT2D eigenvalue weighted by atomic mass is 10.2. The molecule has 1 rings (SSSR count). The zero-order valence-electron chi connectivity index (χ0n) is 10.8. The second-order valence-electron chi connectivity index (χ2n) is 4.45. The Labute approximate surface area is 103 Å². The van der Waals surface area contributed by atoms with Crippen molar-refractivity contribution in [2.75, 3.05) is 46.4 Å². The lowest BCUT2D eigenvalue weighted by molar-refractivity contribution is -0.134. The fourth-order valence-corrected chi connectivity index (χ4v) is 1.99. The van der Waals surface area contributed by atoms with Gasteiger partial charge < -0.3 is 9.64 Å². The number of nitrogens with zero attached hydrogens (tertiary/aromatic N) is 2. The summed E-state index contributed by atoms with van der Waals surface area (Å²) in [5, 5.41) is 0. The monoisotopic (exact) mass is 242 g/mol. The second kappa shape index (κ2) is 7.40. The van der Waals surface area contributed by atoms with Crippen molar-refractivity contribution in [3.8, 4) is 0 Å². The summed E-state index contributed by atoms with van der Waals surface area (Å²) in [6.07, 6.45) is 1.01. The SMILES string of the molecule is COCCN1CCCN(C(=O)CC(C)=O)CC1. The van der Waals surface area contributed by atoms with Crippen LogP contribution in [-0.4, -0.2) is 67.9 Å². The summed E-state index contributed by atoms with van der Waals surface area (Å²) in [5.41, 5.74) is 0. The minimum absolute atomic E-state index is 0.0360. The number of methoxy groups -OCH3 is 1. The molecule has 0 aromatic heterocycles. The lowest BCUT2D eigenvalue weighted by Crippen LogP contribution is -2.36. The molecule has 1 amide bonds. The Hall–Kier alpha value is -0.940. The van der Waals surface area contributed by atoms with E-state index < -0.39 is 0 Å². The van der Waals surface area contributed by atoms with Gasteiger partial charge in [0, 0.05) is 33.3 Å². The van der Waals surface area contributed by atoms with Gasteiger partial charge in [0.05, 0.1) is 13.0 Å². The fourth-order valence-electron chi connectivity index (χ4n) is 1.99. The third-order valence-corrected chi connectivity index (χ3v) is 2.95. The van der Waals surface area contributed by atoms with E-state index in [0.717, 1.165) is 45.8 Å². The number of hydrogen-bond acceptors (Lipinski definition) is 4. The first-order valence-electron chi connectivity index (χ1n) is 6.12. The molecule has 1 aliphatic heterocycles. The van der Waals surface area contributed by atoms with E-state index in [1.807, 2.05) is 0 Å². The van der Waals surface area contributed by atoms with Crippen LogP contribution in [0.15, 0.2) is 0 Å². The normalized spacial score (nSPS) is 17.9. The summed E-state index contributed by atoms with van der Waals surface area (Å²) in [6, 6.07) is 0. The lowest BCUT2D eigenvalue weighted by Gasteiger charge is -2.21. The molecule has 0 radical (unpaired) electrons. The summed E-state index contributed by atoms with van der Waals surface area (Å²) in [7, 11) is 1.69. The van der Waals surface area contributed by atoms with Crippen molar-refractivity contribution in [1.82, 2.24) is 9.80 Å². The minimum atomic E-state index is -0.0597. The van der Waals surface area contributed by atoms with Crippen LogP contribution < -0.4 is 0 Å². The van der Waals surface area contributed by atoms with Gasteiger partial charge in [-0.2, -0.15) is 0 Å². The van der Waals surface area contributed by atoms with E-state index in [1.54, 1.807) is 12.0 Å². The standard InChI is InChI=1S/C12H22N2O3/c1-11(15)10-12(16)14-5-3-4-13(6-7-14)8-9-17-2/h3-10H2,1-2H3. The van der Waals surface area contributed by atoms with E-state index in [4.69, 9.17) is 4.74 Å². The molecule has 98 valence electrons. The summed E-state index contributed by atoms with van der Waals surface area (Å²) in [6.45, 7) is 6.43. The Morgan fingerprint density at radius 1 is 1.18 bits per heavy atom. The van der Waals surface area contributed by atoms with Crippen LogP contribution in [0.2, 0.25) is 0 Å². The van der Waals surface area contributed by atoms with Crippen LogP contribution in [0.25, 0.3) is 0 Å². The number of amides is 1. The van der Waals surface area contributed by atoms with Crippen molar-refractivity contribution in [2.45, 2.75) is 19.8 Å². The number of rotatable bonds is 5. The Balaban J connectivity index is 2.36. The van der Waals surface area contributed by atoms with E-state index in [-0.39, 0.29) is 18.1 Å². The molecule has 0 saturated carbocycles. The molecule has 0 atom stereocenters. The molecular weight excluding hydrogens is 220 g/mol. The maximum atomic E-state index is 11.7. The molecule has 0 unspecified atom stereocenters. The average molecular weight is 242 g/mol. The van der Waals surface area contributed by atoms with Crippen molar-refractivity contribution in [3.05, 3.63) is 0 Å². The van der Waals surface area contributed by atoms with E-state index in [1.165, 1.54) is 6.92 Å². The van der Waals surface area contributed by atoms with Crippen LogP contribution in [0.5, 0.6) is 0 Å². The molecule has 0 N–H and O–H groups in total. The highest BCUT2D eigenvalue weighted by Gasteiger charge is 2.19. The number of ether oxygens (including phenoxy) is 1. The van der Waals surface area contributed by atoms with Gasteiger partial charge in [-0.15, -0.1) is 0 Å². The van der Waals surface area contributed by atoms with Gasteiger partial charge in [-0.1, -0.05) is 0 Å². The molecule has 17 heavy (non-hydrogen) atoms. The molecule has 1 heterocycles. The van der Waals surface area contributed by atoms with Gasteiger partial charge in [0.15, 0.2) is 0 Å². The van der Waals surface area contributed by atoms with E-state index in [0.29, 0.717) is 0 Å². The highest BCUT2D eigenvalue weighted by Crippen LogP contribution is 2.05. The molecule has 1 fully saturated rings. The van der Waals surface area contributed by atoms with Gasteiger partial charge in [-0.25, -0.2) is 0 Å². The molecular formula is C12H22N2O3. The quantitative estimate of drug-likeness (QED) is 0.644. The predicted molar refractivity (Wildman–Crippen MR) is 64.8 cm³/mol. The molecule has 0 aromatic carbocycles. The van der Waals surface area contributed by atoms with Crippen molar-refractivity contribution >= 4 is 11.7 Å². The van der Waals surface area contributed by atoms with Crippen molar-refractivity contribution < 1.29 is 14.3 Å². The minimum Gasteiger partial charge on any atom is -0.383 e. The molecule has 5 heteroatoms. The van der Waals surface area contributed by atoms with Crippen LogP contribution >= 0.6 is 0 Å². The first kappa shape index (κ1) is 14.1. The van der Waals surface area contributed by atoms with Gasteiger partial charge in [-0.05, 0) is 19.9 Å². The smallest absolute Gasteiger partial charge is 0.230 e. The number of carbonyl (C=O) groups excluding carboxylic acids is 2. The number of carbonyl (C=O) groups is 2. The number of hydrogen-bond donors (Lipinski definition) is 0. The average Bonchev–Trinajstić information content (AvgIpc) is 2.50. The van der Waals surface area contributed by atoms with Crippen molar-refractivity contribution in [3.63, 3.8) is 0 Å². The number of ketones is 1. The third-order valence-electron chi connectivity index (χ3n) is 2.95. The molecule has 5 nitrogen and oxygen atoms in total. The van der Waals surface area contributed by atoms with Crippen LogP contribution in [-0.2, 0) is 14.3 Å². The van der Waals surface area contributed by atoms with Gasteiger partial charge in [0.1, 0.15) is 5.78 Å². The van der Waals surface area contributed by atoms with Gasteiger partial charge >= 0.3 is 0 Å². The second-order valence-corrected chi connectivity index (χ2v) is 4.45. The van der Waals surface area contributed by atoms with E-state index in [2.05, 4.69) is 4.90 Å². The highest BCUT2D eigenvalue weighted by atomic mass is 16.5. The Kier molecular flexibility index (Phi) is 6.15. The van der Waals surface area contributed by atoms with Crippen molar-refractivity contribution in [1.29, 1.82) is 0 Å². The van der Waals surface area contributed by atoms with Crippen LogP contribution in [0.1, 0.15) is 19.8 Å². The van der Waals surface area contributed by atoms with Crippen LogP contribution in [0.4, 0.5) is 0 Å². The first-order chi connectivity index (χ1) is 8.13. The van der Waals surface area contributed by atoms with Gasteiger partial charge in [0.25, 0.3) is 0 Å². The fraction of sp³-hybridized carbons (Fsp3) is 0.833. The zero-order chi connectivity index (χ0) is 12.7. The van der Waals surface area contributed by atoms with Crippen LogP contribution in [0, 0.1) is 0 Å². The largest absolute Gasteiger partial charge is 0.383 e. The summed E-state index contributed by atoms with van der Waals surface area (Å²) in [4.78, 5) is 26.8. The Bertz CT molecular complexity index is 268. The van der Waals surface area contributed by atoms with Crippen molar-refractivity contribution in [2.24, 2.45) is 0 Å². The highest BCUT2D eigenvalue weighted by molar-refractivity contribution is 5.96. The molecule has 0 bridgehead atoms. The number of Topliss-reactive ketones (excluding diaryl/α,β-unsaturated/α-hetero) is 1. The topological polar surface area (TPSA) is 49.9 Å². The Morgan fingerprint density at radius 3 is 2.59 bits per heavy atom. The zero-order valence-corrected chi connectivity index (χ0v) is 10.8. The van der Waals surface area contributed by atoms with Gasteiger partial charge in [-0.3, -0.25) is 14.5 Å². The summed E-state index contributed by atoms with van der Waals surface area (Å²) in [5.74, 6) is -0.0958. The molecule has 0 spiro atoms. The molecule has 0 aromatic rings. The first-order valence-corrected chi connectivity index (χ1v) is 6.12. The maximum absolute atomic E-state index is 11.7.